The molecular formula is C31H35Cl2N3O5S. The van der Waals surface area contributed by atoms with E-state index in [1.165, 1.54) is 17.0 Å². The van der Waals surface area contributed by atoms with Crippen LogP contribution in [0.3, 0.4) is 0 Å². The van der Waals surface area contributed by atoms with Crippen molar-refractivity contribution in [2.75, 3.05) is 24.2 Å². The number of methoxy groups -OCH3 is 1. The largest absolute Gasteiger partial charge is 0.497 e. The van der Waals surface area contributed by atoms with Gasteiger partial charge >= 0.3 is 0 Å². The Balaban J connectivity index is 1.75. The molecule has 11 heteroatoms. The second-order valence-corrected chi connectivity index (χ2v) is 13.1. The molecule has 1 aliphatic carbocycles. The Morgan fingerprint density at radius 3 is 2.31 bits per heavy atom. The zero-order chi connectivity index (χ0) is 30.3. The van der Waals surface area contributed by atoms with E-state index in [0.717, 1.165) is 47.4 Å². The molecule has 42 heavy (non-hydrogen) atoms. The fourth-order valence-corrected chi connectivity index (χ4v) is 6.47. The summed E-state index contributed by atoms with van der Waals surface area (Å²) in [4.78, 5) is 29.6. The van der Waals surface area contributed by atoms with Gasteiger partial charge in [0, 0.05) is 19.0 Å². The van der Waals surface area contributed by atoms with E-state index in [-0.39, 0.29) is 40.6 Å². The molecule has 2 amide bonds. The molecule has 0 aromatic heterocycles. The van der Waals surface area contributed by atoms with E-state index in [4.69, 9.17) is 27.9 Å². The maximum Gasteiger partial charge on any atom is 0.244 e. The van der Waals surface area contributed by atoms with Crippen molar-refractivity contribution < 1.29 is 22.7 Å². The monoisotopic (exact) mass is 631 g/mol. The van der Waals surface area contributed by atoms with E-state index in [1.54, 1.807) is 31.4 Å². The van der Waals surface area contributed by atoms with Crippen LogP contribution in [-0.4, -0.2) is 57.1 Å². The predicted octanol–water partition coefficient (Wildman–Crippen LogP) is 5.47. The van der Waals surface area contributed by atoms with Gasteiger partial charge in [0.2, 0.25) is 21.8 Å². The van der Waals surface area contributed by atoms with Crippen LogP contribution in [0.2, 0.25) is 10.0 Å². The van der Waals surface area contributed by atoms with Gasteiger partial charge in [-0.3, -0.25) is 13.9 Å². The lowest BCUT2D eigenvalue weighted by atomic mass is 10.0. The molecule has 4 rings (SSSR count). The summed E-state index contributed by atoms with van der Waals surface area (Å²) in [6, 6.07) is 20.4. The van der Waals surface area contributed by atoms with Crippen LogP contribution in [0, 0.1) is 0 Å². The maximum absolute atomic E-state index is 14.2. The Labute approximate surface area is 257 Å². The van der Waals surface area contributed by atoms with Gasteiger partial charge in [0.15, 0.2) is 0 Å². The lowest BCUT2D eigenvalue weighted by Crippen LogP contribution is -2.54. The first-order chi connectivity index (χ1) is 20.1. The number of carbonyl (C=O) groups is 2. The fourth-order valence-electron chi connectivity index (χ4n) is 5.17. The number of ether oxygens (including phenoxy) is 1. The third-order valence-electron chi connectivity index (χ3n) is 7.34. The molecule has 0 bridgehead atoms. The third-order valence-corrected chi connectivity index (χ3v) is 9.27. The molecule has 0 radical (unpaired) electrons. The molecule has 0 saturated heterocycles. The van der Waals surface area contributed by atoms with Gasteiger partial charge in [-0.15, -0.1) is 0 Å². The van der Waals surface area contributed by atoms with Crippen molar-refractivity contribution in [1.82, 2.24) is 10.2 Å². The second-order valence-electron chi connectivity index (χ2n) is 10.4. The average Bonchev–Trinajstić information content (AvgIpc) is 3.48. The Bertz CT molecular complexity index is 1500. The van der Waals surface area contributed by atoms with Gasteiger partial charge in [-0.05, 0) is 48.2 Å². The lowest BCUT2D eigenvalue weighted by Gasteiger charge is -2.34. The molecule has 1 N–H and O–H groups in total. The zero-order valence-corrected chi connectivity index (χ0v) is 26.0. The molecule has 0 unspecified atom stereocenters. The Kier molecular flexibility index (Phi) is 10.8. The van der Waals surface area contributed by atoms with Crippen molar-refractivity contribution in [3.8, 4) is 5.75 Å². The van der Waals surface area contributed by atoms with Crippen LogP contribution in [0.25, 0.3) is 0 Å². The van der Waals surface area contributed by atoms with Crippen LogP contribution in [0.15, 0.2) is 72.8 Å². The van der Waals surface area contributed by atoms with Gasteiger partial charge in [-0.25, -0.2) is 8.42 Å². The number of amides is 2. The third kappa shape index (κ3) is 8.18. The van der Waals surface area contributed by atoms with Gasteiger partial charge in [-0.1, -0.05) is 84.6 Å². The van der Waals surface area contributed by atoms with Gasteiger partial charge < -0.3 is 15.0 Å². The number of nitrogens with zero attached hydrogens (tertiary/aromatic N) is 2. The molecule has 3 aromatic rings. The van der Waals surface area contributed by atoms with Crippen molar-refractivity contribution >= 4 is 50.7 Å². The second kappa shape index (κ2) is 14.3. The molecule has 8 nitrogen and oxygen atoms in total. The van der Waals surface area contributed by atoms with E-state index in [2.05, 4.69) is 5.32 Å². The number of anilines is 1. The van der Waals surface area contributed by atoms with Gasteiger partial charge in [0.1, 0.15) is 18.3 Å². The summed E-state index contributed by atoms with van der Waals surface area (Å²) in [5.41, 5.74) is 1.67. The predicted molar refractivity (Wildman–Crippen MR) is 167 cm³/mol. The standard InChI is InChI=1S/C31H35Cl2N3O5S/c1-41-25-15-8-12-23(18-25)20-35(29(37)21-36(42(2,39)40)27-17-9-16-26(32)30(27)33)28(19-22-10-4-3-5-11-22)31(38)34-24-13-6-7-14-24/h3-5,8-12,15-18,24,28H,6-7,13-14,19-21H2,1-2H3,(H,34,38)/t28-/m0/s1. The quantitative estimate of drug-likeness (QED) is 0.286. The minimum Gasteiger partial charge on any atom is -0.497 e. The van der Waals surface area contributed by atoms with Gasteiger partial charge in [-0.2, -0.15) is 0 Å². The highest BCUT2D eigenvalue weighted by atomic mass is 35.5. The smallest absolute Gasteiger partial charge is 0.244 e. The molecule has 3 aromatic carbocycles. The molecular weight excluding hydrogens is 597 g/mol. The normalized spacial score (nSPS) is 14.3. The highest BCUT2D eigenvalue weighted by Crippen LogP contribution is 2.34. The van der Waals surface area contributed by atoms with E-state index in [9.17, 15) is 18.0 Å². The number of hydrogen-bond acceptors (Lipinski definition) is 5. The van der Waals surface area contributed by atoms with Crippen LogP contribution in [0.5, 0.6) is 5.75 Å². The highest BCUT2D eigenvalue weighted by molar-refractivity contribution is 7.92. The van der Waals surface area contributed by atoms with Gasteiger partial charge in [0.25, 0.3) is 0 Å². The molecule has 1 atom stereocenters. The number of hydrogen-bond donors (Lipinski definition) is 1. The lowest BCUT2D eigenvalue weighted by molar-refractivity contribution is -0.140. The SMILES string of the molecule is COc1cccc(CN(C(=O)CN(c2cccc(Cl)c2Cl)S(C)(=O)=O)[C@@H](Cc2ccccc2)C(=O)NC2CCCC2)c1. The van der Waals surface area contributed by atoms with E-state index >= 15 is 0 Å². The van der Waals surface area contributed by atoms with Crippen molar-refractivity contribution in [2.24, 2.45) is 0 Å². The first-order valence-corrected chi connectivity index (χ1v) is 16.4. The first-order valence-electron chi connectivity index (χ1n) is 13.7. The minimum absolute atomic E-state index is 0.0107. The summed E-state index contributed by atoms with van der Waals surface area (Å²) in [5, 5.41) is 3.31. The number of nitrogens with one attached hydrogen (secondary N) is 1. The number of benzene rings is 3. The van der Waals surface area contributed by atoms with Crippen LogP contribution in [-0.2, 0) is 32.6 Å². The maximum atomic E-state index is 14.2. The highest BCUT2D eigenvalue weighted by Gasteiger charge is 2.34. The first kappa shape index (κ1) is 31.7. The van der Waals surface area contributed by atoms with Crippen molar-refractivity contribution in [1.29, 1.82) is 0 Å². The number of rotatable bonds is 12. The Hall–Kier alpha value is -3.27. The van der Waals surface area contributed by atoms with Crippen LogP contribution in [0.1, 0.15) is 36.8 Å². The summed E-state index contributed by atoms with van der Waals surface area (Å²) in [6.07, 6.45) is 5.06. The van der Waals surface area contributed by atoms with Crippen LogP contribution < -0.4 is 14.4 Å². The summed E-state index contributed by atoms with van der Waals surface area (Å²) >= 11 is 12.6. The topological polar surface area (TPSA) is 96.0 Å². The van der Waals surface area contributed by atoms with Crippen LogP contribution >= 0.6 is 23.2 Å². The molecule has 224 valence electrons. The minimum atomic E-state index is -3.97. The molecule has 0 heterocycles. The van der Waals surface area contributed by atoms with E-state index in [1.807, 2.05) is 36.4 Å². The van der Waals surface area contributed by atoms with Crippen molar-refractivity contribution in [2.45, 2.75) is 50.7 Å². The van der Waals surface area contributed by atoms with Crippen LogP contribution in [0.4, 0.5) is 5.69 Å². The molecule has 1 aliphatic rings. The van der Waals surface area contributed by atoms with Crippen molar-refractivity contribution in [3.63, 3.8) is 0 Å². The fraction of sp³-hybridized carbons (Fsp3) is 0.355. The van der Waals surface area contributed by atoms with E-state index < -0.39 is 28.5 Å². The summed E-state index contributed by atoms with van der Waals surface area (Å²) in [6.45, 7) is -0.530. The molecule has 0 spiro atoms. The zero-order valence-electron chi connectivity index (χ0n) is 23.6. The average molecular weight is 633 g/mol. The molecule has 0 aliphatic heterocycles. The summed E-state index contributed by atoms with van der Waals surface area (Å²) < 4.78 is 32.3. The number of sulfonamides is 1. The summed E-state index contributed by atoms with van der Waals surface area (Å²) in [5.74, 6) is -0.256. The Morgan fingerprint density at radius 2 is 1.64 bits per heavy atom. The van der Waals surface area contributed by atoms with Gasteiger partial charge in [0.05, 0.1) is 29.1 Å². The van der Waals surface area contributed by atoms with E-state index in [0.29, 0.717) is 5.75 Å². The summed E-state index contributed by atoms with van der Waals surface area (Å²) in [7, 11) is -2.42. The Morgan fingerprint density at radius 1 is 0.976 bits per heavy atom. The number of carbonyl (C=O) groups excluding carboxylic acids is 2. The van der Waals surface area contributed by atoms with Crippen molar-refractivity contribution in [3.05, 3.63) is 94.0 Å². The molecule has 1 saturated carbocycles. The number of halogens is 2. The molecule has 1 fully saturated rings.